The second kappa shape index (κ2) is 7.06. The summed E-state index contributed by atoms with van der Waals surface area (Å²) in [5.41, 5.74) is 5.46. The van der Waals surface area contributed by atoms with Crippen molar-refractivity contribution in [2.75, 3.05) is 26.7 Å². The zero-order valence-corrected chi connectivity index (χ0v) is 10.8. The van der Waals surface area contributed by atoms with Gasteiger partial charge in [-0.3, -0.25) is 4.79 Å². The fourth-order valence-corrected chi connectivity index (χ4v) is 1.86. The van der Waals surface area contributed by atoms with Crippen LogP contribution in [0.1, 0.15) is 13.8 Å². The molecule has 1 aliphatic rings. The molecule has 0 aromatic rings. The lowest BCUT2D eigenvalue weighted by Gasteiger charge is -2.36. The van der Waals surface area contributed by atoms with Crippen LogP contribution in [0, 0.1) is 0 Å². The van der Waals surface area contributed by atoms with E-state index in [2.05, 4.69) is 0 Å². The van der Waals surface area contributed by atoms with E-state index in [1.807, 2.05) is 13.8 Å². The van der Waals surface area contributed by atoms with Crippen molar-refractivity contribution in [3.63, 3.8) is 0 Å². The Morgan fingerprint density at radius 1 is 1.50 bits per heavy atom. The molecule has 3 atom stereocenters. The molecule has 0 aromatic heterocycles. The molecule has 0 radical (unpaired) electrons. The van der Waals surface area contributed by atoms with Gasteiger partial charge in [0, 0.05) is 26.7 Å². The number of morpholine rings is 1. The first kappa shape index (κ1) is 15.6. The molecule has 0 saturated carbocycles. The van der Waals surface area contributed by atoms with Crippen molar-refractivity contribution in [3.8, 4) is 0 Å². The molecule has 1 fully saturated rings. The molecule has 1 amide bonds. The molecule has 1 rings (SSSR count). The predicted octanol–water partition coefficient (Wildman–Crippen LogP) is 0.0177. The molecule has 1 heterocycles. The maximum absolute atomic E-state index is 11.9. The lowest BCUT2D eigenvalue weighted by Crippen LogP contribution is -2.52. The highest BCUT2D eigenvalue weighted by Crippen LogP contribution is 2.12. The third-order valence-corrected chi connectivity index (χ3v) is 2.51. The van der Waals surface area contributed by atoms with Crippen LogP contribution in [-0.2, 0) is 14.3 Å². The molecule has 5 nitrogen and oxygen atoms in total. The van der Waals surface area contributed by atoms with Crippen molar-refractivity contribution >= 4 is 18.3 Å². The largest absolute Gasteiger partial charge is 0.372 e. The molecule has 1 aliphatic heterocycles. The summed E-state index contributed by atoms with van der Waals surface area (Å²) >= 11 is 0. The van der Waals surface area contributed by atoms with E-state index in [0.717, 1.165) is 0 Å². The smallest absolute Gasteiger partial charge is 0.253 e. The van der Waals surface area contributed by atoms with Gasteiger partial charge in [0.25, 0.3) is 5.91 Å². The highest BCUT2D eigenvalue weighted by molar-refractivity contribution is 5.85. The highest BCUT2D eigenvalue weighted by Gasteiger charge is 2.29. The zero-order chi connectivity index (χ0) is 11.4. The maximum Gasteiger partial charge on any atom is 0.253 e. The number of hydrogen-bond donors (Lipinski definition) is 1. The van der Waals surface area contributed by atoms with Crippen LogP contribution >= 0.6 is 12.4 Å². The van der Waals surface area contributed by atoms with Crippen molar-refractivity contribution in [1.29, 1.82) is 0 Å². The summed E-state index contributed by atoms with van der Waals surface area (Å²) in [5.74, 6) is -0.0398. The van der Waals surface area contributed by atoms with Crippen LogP contribution in [0.25, 0.3) is 0 Å². The number of carbonyl (C=O) groups is 1. The topological polar surface area (TPSA) is 64.8 Å². The van der Waals surface area contributed by atoms with Gasteiger partial charge in [0.1, 0.15) is 6.10 Å². The van der Waals surface area contributed by atoms with Crippen molar-refractivity contribution in [2.45, 2.75) is 32.2 Å². The molecule has 2 N–H and O–H groups in total. The first-order chi connectivity index (χ1) is 7.08. The summed E-state index contributed by atoms with van der Waals surface area (Å²) in [6.45, 7) is 5.36. The summed E-state index contributed by atoms with van der Waals surface area (Å²) < 4.78 is 10.6. The average molecular weight is 253 g/mol. The minimum atomic E-state index is -0.525. The van der Waals surface area contributed by atoms with Crippen molar-refractivity contribution in [1.82, 2.24) is 4.90 Å². The SMILES string of the molecule is COC(CN)C(=O)N1CC(C)OC(C)C1.Cl. The molecule has 0 spiro atoms. The minimum absolute atomic E-state index is 0. The number of carbonyl (C=O) groups excluding carboxylic acids is 1. The van der Waals surface area contributed by atoms with E-state index >= 15 is 0 Å². The average Bonchev–Trinajstić information content (AvgIpc) is 2.18. The molecule has 0 bridgehead atoms. The Hall–Kier alpha value is -0.360. The maximum atomic E-state index is 11.9. The summed E-state index contributed by atoms with van der Waals surface area (Å²) in [6, 6.07) is 0. The van der Waals surface area contributed by atoms with Crippen LogP contribution in [-0.4, -0.2) is 55.9 Å². The van der Waals surface area contributed by atoms with Gasteiger partial charge >= 0.3 is 0 Å². The van der Waals surface area contributed by atoms with Crippen LogP contribution in [0.5, 0.6) is 0 Å². The fourth-order valence-electron chi connectivity index (χ4n) is 1.86. The summed E-state index contributed by atoms with van der Waals surface area (Å²) in [4.78, 5) is 13.7. The molecule has 96 valence electrons. The fraction of sp³-hybridized carbons (Fsp3) is 0.900. The standard InChI is InChI=1S/C10H20N2O3.ClH/c1-7-5-12(6-8(2)15-7)10(13)9(4-11)14-3;/h7-9H,4-6,11H2,1-3H3;1H. The third kappa shape index (κ3) is 3.90. The summed E-state index contributed by atoms with van der Waals surface area (Å²) in [7, 11) is 1.50. The van der Waals surface area contributed by atoms with E-state index in [4.69, 9.17) is 15.2 Å². The molecule has 6 heteroatoms. The Morgan fingerprint density at radius 3 is 2.38 bits per heavy atom. The van der Waals surface area contributed by atoms with Gasteiger partial charge in [0.2, 0.25) is 0 Å². The van der Waals surface area contributed by atoms with Crippen LogP contribution in [0.4, 0.5) is 0 Å². The van der Waals surface area contributed by atoms with Crippen LogP contribution in [0.2, 0.25) is 0 Å². The number of rotatable bonds is 3. The molecule has 0 aromatic carbocycles. The Balaban J connectivity index is 0.00000225. The van der Waals surface area contributed by atoms with E-state index in [0.29, 0.717) is 13.1 Å². The first-order valence-electron chi connectivity index (χ1n) is 5.25. The lowest BCUT2D eigenvalue weighted by molar-refractivity contribution is -0.152. The molecular formula is C10H21ClN2O3. The van der Waals surface area contributed by atoms with E-state index in [9.17, 15) is 4.79 Å². The quantitative estimate of drug-likeness (QED) is 0.769. The number of halogens is 1. The van der Waals surface area contributed by atoms with Gasteiger partial charge in [0.05, 0.1) is 12.2 Å². The monoisotopic (exact) mass is 252 g/mol. The van der Waals surface area contributed by atoms with Gasteiger partial charge in [-0.2, -0.15) is 0 Å². The number of methoxy groups -OCH3 is 1. The molecular weight excluding hydrogens is 232 g/mol. The number of nitrogens with two attached hydrogens (primary N) is 1. The van der Waals surface area contributed by atoms with E-state index in [-0.39, 0.29) is 37.1 Å². The van der Waals surface area contributed by atoms with Crippen molar-refractivity contribution in [3.05, 3.63) is 0 Å². The molecule has 16 heavy (non-hydrogen) atoms. The van der Waals surface area contributed by atoms with E-state index in [1.165, 1.54) is 7.11 Å². The second-order valence-corrected chi connectivity index (χ2v) is 3.96. The number of nitrogens with zero attached hydrogens (tertiary/aromatic N) is 1. The number of hydrogen-bond acceptors (Lipinski definition) is 4. The number of amides is 1. The highest BCUT2D eigenvalue weighted by atomic mass is 35.5. The normalized spacial score (nSPS) is 27.1. The zero-order valence-electron chi connectivity index (χ0n) is 10.0. The molecule has 0 aliphatic carbocycles. The third-order valence-electron chi connectivity index (χ3n) is 2.51. The van der Waals surface area contributed by atoms with Crippen LogP contribution < -0.4 is 5.73 Å². The van der Waals surface area contributed by atoms with Gasteiger partial charge in [-0.05, 0) is 13.8 Å². The Labute approximate surface area is 103 Å². The minimum Gasteiger partial charge on any atom is -0.372 e. The van der Waals surface area contributed by atoms with Crippen LogP contribution in [0.15, 0.2) is 0 Å². The second-order valence-electron chi connectivity index (χ2n) is 3.96. The Morgan fingerprint density at radius 2 is 2.00 bits per heavy atom. The van der Waals surface area contributed by atoms with Gasteiger partial charge < -0.3 is 20.1 Å². The summed E-state index contributed by atoms with van der Waals surface area (Å²) in [5, 5.41) is 0. The summed E-state index contributed by atoms with van der Waals surface area (Å²) in [6.07, 6.45) is -0.372. The predicted molar refractivity (Wildman–Crippen MR) is 63.7 cm³/mol. The van der Waals surface area contributed by atoms with Crippen molar-refractivity contribution in [2.24, 2.45) is 5.73 Å². The van der Waals surface area contributed by atoms with Crippen LogP contribution in [0.3, 0.4) is 0 Å². The lowest BCUT2D eigenvalue weighted by atomic mass is 10.2. The van der Waals surface area contributed by atoms with E-state index < -0.39 is 6.10 Å². The molecule has 1 saturated heterocycles. The van der Waals surface area contributed by atoms with Crippen molar-refractivity contribution < 1.29 is 14.3 Å². The van der Waals surface area contributed by atoms with Gasteiger partial charge in [0.15, 0.2) is 0 Å². The van der Waals surface area contributed by atoms with Gasteiger partial charge in [-0.1, -0.05) is 0 Å². The van der Waals surface area contributed by atoms with E-state index in [1.54, 1.807) is 4.90 Å². The Kier molecular flexibility index (Phi) is 6.90. The molecule has 3 unspecified atom stereocenters. The van der Waals surface area contributed by atoms with Gasteiger partial charge in [-0.15, -0.1) is 12.4 Å². The van der Waals surface area contributed by atoms with Gasteiger partial charge in [-0.25, -0.2) is 0 Å². The first-order valence-corrected chi connectivity index (χ1v) is 5.25. The Bertz CT molecular complexity index is 214. The number of ether oxygens (including phenoxy) is 2.